The second-order valence-corrected chi connectivity index (χ2v) is 7.70. The summed E-state index contributed by atoms with van der Waals surface area (Å²) in [6.07, 6.45) is 0.566. The molecule has 7 heteroatoms. The summed E-state index contributed by atoms with van der Waals surface area (Å²) in [4.78, 5) is 10.9. The first kappa shape index (κ1) is 16.4. The van der Waals surface area contributed by atoms with Gasteiger partial charge < -0.3 is 5.11 Å². The van der Waals surface area contributed by atoms with Crippen LogP contribution in [0.2, 0.25) is 0 Å². The molecule has 0 atom stereocenters. The molecule has 0 spiro atoms. The molecule has 0 unspecified atom stereocenters. The van der Waals surface area contributed by atoms with E-state index in [9.17, 15) is 17.6 Å². The monoisotopic (exact) mass is 349 g/mol. The maximum atomic E-state index is 14.0. The van der Waals surface area contributed by atoms with Crippen LogP contribution in [0.25, 0.3) is 0 Å². The van der Waals surface area contributed by atoms with Crippen LogP contribution in [0.4, 0.5) is 10.1 Å². The van der Waals surface area contributed by atoms with Crippen LogP contribution < -0.4 is 4.31 Å². The predicted molar refractivity (Wildman–Crippen MR) is 87.5 cm³/mol. The van der Waals surface area contributed by atoms with Crippen molar-refractivity contribution in [2.24, 2.45) is 0 Å². The van der Waals surface area contributed by atoms with Crippen molar-refractivity contribution in [3.63, 3.8) is 0 Å². The molecule has 0 radical (unpaired) electrons. The average molecular weight is 349 g/mol. The highest BCUT2D eigenvalue weighted by molar-refractivity contribution is 7.92. The molecule has 0 saturated carbocycles. The Morgan fingerprint density at radius 3 is 2.58 bits per heavy atom. The van der Waals surface area contributed by atoms with Crippen molar-refractivity contribution < 1.29 is 22.7 Å². The molecule has 0 saturated heterocycles. The van der Waals surface area contributed by atoms with Crippen LogP contribution in [0, 0.1) is 19.7 Å². The Morgan fingerprint density at radius 1 is 1.21 bits per heavy atom. The highest BCUT2D eigenvalue weighted by Gasteiger charge is 2.32. The molecule has 1 aliphatic rings. The summed E-state index contributed by atoms with van der Waals surface area (Å²) in [6, 6.07) is 7.34. The Bertz CT molecular complexity index is 953. The van der Waals surface area contributed by atoms with Crippen LogP contribution in [0.15, 0.2) is 35.2 Å². The normalized spacial score (nSPS) is 13.9. The highest BCUT2D eigenvalue weighted by atomic mass is 32.2. The number of hydrogen-bond acceptors (Lipinski definition) is 3. The van der Waals surface area contributed by atoms with E-state index < -0.39 is 21.8 Å². The van der Waals surface area contributed by atoms with Crippen molar-refractivity contribution in [3.8, 4) is 0 Å². The van der Waals surface area contributed by atoms with Gasteiger partial charge in [0, 0.05) is 6.54 Å². The number of nitrogens with zero attached hydrogens (tertiary/aromatic N) is 1. The van der Waals surface area contributed by atoms with Gasteiger partial charge in [0.1, 0.15) is 5.82 Å². The molecule has 0 bridgehead atoms. The number of carbonyl (C=O) groups is 1. The third-order valence-corrected chi connectivity index (χ3v) is 6.02. The molecule has 1 heterocycles. The molecule has 0 aliphatic carbocycles. The largest absolute Gasteiger partial charge is 0.478 e. The molecule has 2 aromatic rings. The lowest BCUT2D eigenvalue weighted by Gasteiger charge is -2.20. The molecule has 24 heavy (non-hydrogen) atoms. The van der Waals surface area contributed by atoms with Gasteiger partial charge >= 0.3 is 5.97 Å². The molecule has 126 valence electrons. The zero-order valence-electron chi connectivity index (χ0n) is 13.2. The van der Waals surface area contributed by atoms with Crippen LogP contribution in [0.1, 0.15) is 27.0 Å². The molecule has 1 aliphatic heterocycles. The molecule has 0 amide bonds. The van der Waals surface area contributed by atoms with E-state index in [1.54, 1.807) is 6.07 Å². The lowest BCUT2D eigenvalue weighted by Crippen LogP contribution is -2.29. The van der Waals surface area contributed by atoms with E-state index in [1.165, 1.54) is 11.2 Å². The van der Waals surface area contributed by atoms with E-state index in [0.717, 1.165) is 23.3 Å². The number of anilines is 1. The second-order valence-electron chi connectivity index (χ2n) is 5.84. The van der Waals surface area contributed by atoms with Gasteiger partial charge in [-0.25, -0.2) is 17.6 Å². The summed E-state index contributed by atoms with van der Waals surface area (Å²) in [7, 11) is -4.03. The number of carboxylic acid groups (broad SMARTS) is 1. The Kier molecular flexibility index (Phi) is 3.83. The van der Waals surface area contributed by atoms with Gasteiger partial charge in [0.15, 0.2) is 0 Å². The number of hydrogen-bond donors (Lipinski definition) is 1. The number of fused-ring (bicyclic) bond motifs is 1. The topological polar surface area (TPSA) is 74.7 Å². The molecule has 0 aromatic heterocycles. The van der Waals surface area contributed by atoms with Gasteiger partial charge in [-0.3, -0.25) is 4.31 Å². The Hall–Kier alpha value is -2.41. The first-order valence-electron chi connectivity index (χ1n) is 7.37. The zero-order valence-corrected chi connectivity index (χ0v) is 14.0. The summed E-state index contributed by atoms with van der Waals surface area (Å²) in [5.74, 6) is -2.21. The zero-order chi connectivity index (χ0) is 17.6. The number of aryl methyl sites for hydroxylation is 1. The first-order valence-corrected chi connectivity index (χ1v) is 8.81. The molecule has 5 nitrogen and oxygen atoms in total. The summed E-state index contributed by atoms with van der Waals surface area (Å²) in [5.41, 5.74) is 2.06. The fraction of sp³-hybridized carbons (Fsp3) is 0.235. The summed E-state index contributed by atoms with van der Waals surface area (Å²) in [6.45, 7) is 3.48. The lowest BCUT2D eigenvalue weighted by atomic mass is 10.1. The van der Waals surface area contributed by atoms with Gasteiger partial charge in [0.2, 0.25) is 0 Å². The van der Waals surface area contributed by atoms with Gasteiger partial charge in [-0.15, -0.1) is 0 Å². The Balaban J connectivity index is 2.12. The maximum Gasteiger partial charge on any atom is 0.336 e. The molecule has 0 fully saturated rings. The van der Waals surface area contributed by atoms with Crippen molar-refractivity contribution in [1.29, 1.82) is 0 Å². The summed E-state index contributed by atoms with van der Waals surface area (Å²) < 4.78 is 41.0. The minimum absolute atomic E-state index is 0.0844. The number of sulfonamides is 1. The van der Waals surface area contributed by atoms with Crippen LogP contribution >= 0.6 is 0 Å². The van der Waals surface area contributed by atoms with Gasteiger partial charge in [-0.2, -0.15) is 0 Å². The minimum atomic E-state index is -4.03. The van der Waals surface area contributed by atoms with E-state index >= 15 is 0 Å². The van der Waals surface area contributed by atoms with Crippen molar-refractivity contribution in [2.75, 3.05) is 10.8 Å². The lowest BCUT2D eigenvalue weighted by molar-refractivity contribution is 0.0695. The average Bonchev–Trinajstić information content (AvgIpc) is 2.92. The van der Waals surface area contributed by atoms with Crippen LogP contribution in [0.3, 0.4) is 0 Å². The van der Waals surface area contributed by atoms with Crippen LogP contribution in [-0.2, 0) is 16.4 Å². The number of rotatable bonds is 3. The van der Waals surface area contributed by atoms with Crippen molar-refractivity contribution in [3.05, 3.63) is 58.4 Å². The van der Waals surface area contributed by atoms with E-state index in [-0.39, 0.29) is 22.6 Å². The summed E-state index contributed by atoms with van der Waals surface area (Å²) in [5, 5.41) is 9.16. The minimum Gasteiger partial charge on any atom is -0.478 e. The van der Waals surface area contributed by atoms with Crippen molar-refractivity contribution >= 4 is 21.7 Å². The number of halogens is 1. The van der Waals surface area contributed by atoms with Crippen molar-refractivity contribution in [1.82, 2.24) is 0 Å². The van der Waals surface area contributed by atoms with E-state index in [2.05, 4.69) is 0 Å². The first-order chi connectivity index (χ1) is 11.2. The molecule has 3 rings (SSSR count). The molecular weight excluding hydrogens is 333 g/mol. The van der Waals surface area contributed by atoms with E-state index in [4.69, 9.17) is 5.11 Å². The standard InChI is InChI=1S/C17H16FNO4S/c1-10-3-4-16-12(7-10)5-6-19(16)24(22,23)13-8-14(17(20)21)11(2)15(18)9-13/h3-4,7-9H,5-6H2,1-2H3,(H,20,21). The predicted octanol–water partition coefficient (Wildman–Crippen LogP) is 2.89. The Morgan fingerprint density at radius 2 is 1.92 bits per heavy atom. The van der Waals surface area contributed by atoms with Gasteiger partial charge in [-0.05, 0) is 49.6 Å². The van der Waals surface area contributed by atoms with E-state index in [0.29, 0.717) is 12.1 Å². The van der Waals surface area contributed by atoms with Crippen LogP contribution in [-0.4, -0.2) is 26.0 Å². The Labute approximate surface area is 139 Å². The SMILES string of the molecule is Cc1ccc2c(c1)CCN2S(=O)(=O)c1cc(F)c(C)c(C(=O)O)c1. The van der Waals surface area contributed by atoms with Crippen molar-refractivity contribution in [2.45, 2.75) is 25.2 Å². The van der Waals surface area contributed by atoms with E-state index in [1.807, 2.05) is 19.1 Å². The smallest absolute Gasteiger partial charge is 0.336 e. The fourth-order valence-corrected chi connectivity index (χ4v) is 4.44. The number of carboxylic acids is 1. The third-order valence-electron chi connectivity index (χ3n) is 4.22. The number of benzene rings is 2. The quantitative estimate of drug-likeness (QED) is 0.925. The van der Waals surface area contributed by atoms with Gasteiger partial charge in [0.05, 0.1) is 16.1 Å². The number of aromatic carboxylic acids is 1. The second kappa shape index (κ2) is 5.59. The highest BCUT2D eigenvalue weighted by Crippen LogP contribution is 2.34. The molecular formula is C17H16FNO4S. The summed E-state index contributed by atoms with van der Waals surface area (Å²) >= 11 is 0. The van der Waals surface area contributed by atoms with Gasteiger partial charge in [0.25, 0.3) is 10.0 Å². The molecule has 1 N–H and O–H groups in total. The third kappa shape index (κ3) is 2.54. The van der Waals surface area contributed by atoms with Gasteiger partial charge in [-0.1, -0.05) is 17.7 Å². The maximum absolute atomic E-state index is 14.0. The van der Waals surface area contributed by atoms with Crippen LogP contribution in [0.5, 0.6) is 0 Å². The molecule has 2 aromatic carbocycles. The fourth-order valence-electron chi connectivity index (χ4n) is 2.90.